The molecule has 0 radical (unpaired) electrons. The molecule has 3 aromatic rings. The molecule has 0 aliphatic heterocycles. The predicted molar refractivity (Wildman–Crippen MR) is 117 cm³/mol. The van der Waals surface area contributed by atoms with Crippen LogP contribution in [0.4, 0.5) is 0 Å². The van der Waals surface area contributed by atoms with Crippen LogP contribution in [0.1, 0.15) is 16.7 Å². The molecular weight excluding hydrogens is 471 g/mol. The van der Waals surface area contributed by atoms with Crippen LogP contribution in [0.5, 0.6) is 0 Å². The number of aryl methyl sites for hydroxylation is 2. The van der Waals surface area contributed by atoms with Crippen LogP contribution in [0.3, 0.4) is 0 Å². The van der Waals surface area contributed by atoms with Crippen molar-refractivity contribution in [3.8, 4) is 9.85 Å². The molecule has 3 rings (SSSR count). The summed E-state index contributed by atoms with van der Waals surface area (Å²) in [6.45, 7) is 3.92. The molecule has 0 aromatic heterocycles. The van der Waals surface area contributed by atoms with E-state index in [1.165, 1.54) is 0 Å². The first kappa shape index (κ1) is 19.6. The molecule has 0 unspecified atom stereocenters. The molecule has 0 heterocycles. The summed E-state index contributed by atoms with van der Waals surface area (Å²) in [6.07, 6.45) is 0. The Kier molecular flexibility index (Phi) is 6.32. The molecule has 5 heteroatoms. The first-order valence-corrected chi connectivity index (χ1v) is 12.7. The van der Waals surface area contributed by atoms with Crippen LogP contribution in [-0.2, 0) is 12.6 Å². The van der Waals surface area contributed by atoms with Crippen molar-refractivity contribution in [3.63, 3.8) is 0 Å². The molecule has 0 aliphatic rings. The number of hydrogen-bond acceptors (Lipinski definition) is 3. The first-order valence-electron chi connectivity index (χ1n) is 8.29. The Morgan fingerprint density at radius 2 is 1.33 bits per heavy atom. The van der Waals surface area contributed by atoms with Crippen LogP contribution in [0.25, 0.3) is 0 Å². The van der Waals surface area contributed by atoms with Gasteiger partial charge in [0.2, 0.25) is 0 Å². The normalized spacial score (nSPS) is 11.4. The zero-order chi connectivity index (χ0) is 19.3. The minimum atomic E-state index is -3.87. The summed E-state index contributed by atoms with van der Waals surface area (Å²) in [5.74, 6) is 3.08. The van der Waals surface area contributed by atoms with Crippen molar-refractivity contribution in [3.05, 3.63) is 99.1 Å². The molecule has 0 aliphatic carbocycles. The molecule has 0 saturated heterocycles. The van der Waals surface area contributed by atoms with E-state index >= 15 is 0 Å². The van der Waals surface area contributed by atoms with Crippen LogP contribution in [-0.4, -0.2) is 8.42 Å². The van der Waals surface area contributed by atoms with Crippen molar-refractivity contribution in [2.75, 3.05) is 0 Å². The van der Waals surface area contributed by atoms with Gasteiger partial charge in [0.1, 0.15) is 0 Å². The molecule has 0 N–H and O–H groups in total. The second kappa shape index (κ2) is 8.70. The third-order valence-electron chi connectivity index (χ3n) is 3.72. The van der Waals surface area contributed by atoms with Crippen LogP contribution >= 0.6 is 20.2 Å². The molecular formula is C22H19IO3S. The fraction of sp³-hybridized carbons (Fsp3) is 0.0909. The van der Waals surface area contributed by atoms with E-state index in [9.17, 15) is 8.42 Å². The van der Waals surface area contributed by atoms with Crippen molar-refractivity contribution in [1.29, 1.82) is 0 Å². The molecule has 0 bridgehead atoms. The van der Waals surface area contributed by atoms with Crippen LogP contribution in [0.2, 0.25) is 0 Å². The summed E-state index contributed by atoms with van der Waals surface area (Å²) in [5.41, 5.74) is 2.99. The number of rotatable bonds is 4. The average Bonchev–Trinajstić information content (AvgIpc) is 2.67. The van der Waals surface area contributed by atoms with E-state index in [-0.39, 0.29) is 4.90 Å². The van der Waals surface area contributed by atoms with Crippen LogP contribution < -0.4 is 0 Å². The molecule has 0 atom stereocenters. The van der Waals surface area contributed by atoms with E-state index in [4.69, 9.17) is 2.51 Å². The Morgan fingerprint density at radius 3 is 1.93 bits per heavy atom. The Morgan fingerprint density at radius 1 is 0.778 bits per heavy atom. The Balaban J connectivity index is 1.93. The van der Waals surface area contributed by atoms with Crippen LogP contribution in [0.15, 0.2) is 83.8 Å². The fourth-order valence-corrected chi connectivity index (χ4v) is 7.88. The summed E-state index contributed by atoms with van der Waals surface area (Å²) >= 11 is -2.74. The zero-order valence-electron chi connectivity index (χ0n) is 15.0. The maximum absolute atomic E-state index is 12.7. The molecule has 0 fully saturated rings. The molecule has 0 saturated carbocycles. The van der Waals surface area contributed by atoms with Crippen LogP contribution in [0, 0.1) is 27.3 Å². The molecule has 3 nitrogen and oxygen atoms in total. The Hall–Kier alpha value is -2.14. The van der Waals surface area contributed by atoms with Gasteiger partial charge in [-0.15, -0.1) is 0 Å². The summed E-state index contributed by atoms with van der Waals surface area (Å²) < 4.78 is 35.1. The van der Waals surface area contributed by atoms with Gasteiger partial charge in [-0.25, -0.2) is 0 Å². The van der Waals surface area contributed by atoms with Gasteiger partial charge in [-0.1, -0.05) is 0 Å². The van der Waals surface area contributed by atoms with E-state index in [2.05, 4.69) is 9.85 Å². The summed E-state index contributed by atoms with van der Waals surface area (Å²) in [7, 11) is -3.87. The van der Waals surface area contributed by atoms with Gasteiger partial charge in [0, 0.05) is 0 Å². The number of hydrogen-bond donors (Lipinski definition) is 0. The second-order valence-electron chi connectivity index (χ2n) is 5.96. The van der Waals surface area contributed by atoms with Gasteiger partial charge in [0.05, 0.1) is 0 Å². The number of halogens is 1. The Bertz CT molecular complexity index is 1060. The van der Waals surface area contributed by atoms with Crippen molar-refractivity contribution >= 4 is 30.4 Å². The standard InChI is InChI=1S/C22H19IO3S/c1-18-8-12-20(13-9-18)16-17-23(21-6-4-3-5-7-21)26-27(24,25)22-14-10-19(2)11-15-22/h3-15H,1-2H3. The molecule has 0 amide bonds. The summed E-state index contributed by atoms with van der Waals surface area (Å²) in [6, 6.07) is 23.8. The van der Waals surface area contributed by atoms with Gasteiger partial charge in [0.15, 0.2) is 0 Å². The topological polar surface area (TPSA) is 43.4 Å². The third kappa shape index (κ3) is 5.42. The monoisotopic (exact) mass is 490 g/mol. The van der Waals surface area contributed by atoms with E-state index < -0.39 is 30.4 Å². The van der Waals surface area contributed by atoms with Crippen molar-refractivity contribution in [2.24, 2.45) is 0 Å². The zero-order valence-corrected chi connectivity index (χ0v) is 18.0. The van der Waals surface area contributed by atoms with E-state index in [1.807, 2.05) is 68.4 Å². The predicted octanol–water partition coefficient (Wildman–Crippen LogP) is 5.31. The molecule has 3 aromatic carbocycles. The minimum absolute atomic E-state index is 0.156. The van der Waals surface area contributed by atoms with Gasteiger partial charge >= 0.3 is 169 Å². The summed E-state index contributed by atoms with van der Waals surface area (Å²) in [5, 5.41) is 0. The maximum atomic E-state index is 12.7. The quantitative estimate of drug-likeness (QED) is 0.368. The van der Waals surface area contributed by atoms with Gasteiger partial charge in [-0.3, -0.25) is 0 Å². The van der Waals surface area contributed by atoms with Crippen molar-refractivity contribution in [2.45, 2.75) is 18.7 Å². The van der Waals surface area contributed by atoms with E-state index in [0.717, 1.165) is 20.3 Å². The van der Waals surface area contributed by atoms with Gasteiger partial charge in [-0.2, -0.15) is 0 Å². The Labute approximate surface area is 168 Å². The average molecular weight is 490 g/mol. The van der Waals surface area contributed by atoms with Crippen molar-refractivity contribution in [1.82, 2.24) is 0 Å². The second-order valence-corrected chi connectivity index (χ2v) is 11.7. The van der Waals surface area contributed by atoms with E-state index in [1.54, 1.807) is 24.3 Å². The molecule has 0 spiro atoms. The molecule has 138 valence electrons. The summed E-state index contributed by atoms with van der Waals surface area (Å²) in [4.78, 5) is 0.156. The van der Waals surface area contributed by atoms with E-state index in [0.29, 0.717) is 0 Å². The van der Waals surface area contributed by atoms with Gasteiger partial charge < -0.3 is 0 Å². The van der Waals surface area contributed by atoms with Gasteiger partial charge in [-0.05, 0) is 0 Å². The number of benzene rings is 3. The molecule has 27 heavy (non-hydrogen) atoms. The van der Waals surface area contributed by atoms with Crippen molar-refractivity contribution < 1.29 is 10.9 Å². The fourth-order valence-electron chi connectivity index (χ4n) is 2.19. The first-order chi connectivity index (χ1) is 12.9. The SMILES string of the molecule is Cc1ccc(C#CI(OS(=O)(=O)c2ccc(C)cc2)c2ccccc2)cc1. The van der Waals surface area contributed by atoms with Gasteiger partial charge in [0.25, 0.3) is 0 Å². The third-order valence-corrected chi connectivity index (χ3v) is 9.97.